The molecule has 0 amide bonds. The zero-order chi connectivity index (χ0) is 12.4. The van der Waals surface area contributed by atoms with Crippen LogP contribution < -0.4 is 16.6 Å². The summed E-state index contributed by atoms with van der Waals surface area (Å²) in [7, 11) is 0.845. The van der Waals surface area contributed by atoms with Gasteiger partial charge in [-0.1, -0.05) is 6.92 Å². The molecule has 0 aromatic rings. The van der Waals surface area contributed by atoms with Gasteiger partial charge in [0.05, 0.1) is 13.2 Å². The molecule has 0 spiro atoms. The molecular weight excluding hydrogens is 228 g/mol. The Bertz CT molecular complexity index is 236. The van der Waals surface area contributed by atoms with Gasteiger partial charge in [-0.15, -0.1) is 0 Å². The number of hydrogen-bond donors (Lipinski definition) is 3. The van der Waals surface area contributed by atoms with Gasteiger partial charge in [0.25, 0.3) is 0 Å². The summed E-state index contributed by atoms with van der Waals surface area (Å²) in [6.07, 6.45) is 0. The highest BCUT2D eigenvalue weighted by Gasteiger charge is 2.03. The predicted molar refractivity (Wildman–Crippen MR) is 67.6 cm³/mol. The zero-order valence-corrected chi connectivity index (χ0v) is 11.0. The van der Waals surface area contributed by atoms with Gasteiger partial charge in [-0.05, 0) is 6.92 Å². The molecule has 0 saturated carbocycles. The molecule has 4 N–H and O–H groups in total. The van der Waals surface area contributed by atoms with E-state index in [1.165, 1.54) is 0 Å². The Morgan fingerprint density at radius 2 is 2.31 bits per heavy atom. The van der Waals surface area contributed by atoms with Gasteiger partial charge in [0.2, 0.25) is 5.96 Å². The summed E-state index contributed by atoms with van der Waals surface area (Å²) in [5.41, 5.74) is 2.47. The number of hydrogen-bond acceptors (Lipinski definition) is 4. The van der Waals surface area contributed by atoms with Crippen molar-refractivity contribution in [2.45, 2.75) is 19.9 Å². The second kappa shape index (κ2) is 9.56. The third kappa shape index (κ3) is 7.61. The van der Waals surface area contributed by atoms with Crippen molar-refractivity contribution >= 4 is 16.8 Å². The number of ether oxygens (including phenoxy) is 1. The van der Waals surface area contributed by atoms with Crippen molar-refractivity contribution in [1.82, 2.24) is 10.7 Å². The maximum absolute atomic E-state index is 11.2. The second-order valence-corrected chi connectivity index (χ2v) is 5.17. The molecule has 96 valence electrons. The van der Waals surface area contributed by atoms with E-state index in [1.54, 1.807) is 7.11 Å². The van der Waals surface area contributed by atoms with Crippen molar-refractivity contribution in [2.24, 2.45) is 10.8 Å². The van der Waals surface area contributed by atoms with E-state index >= 15 is 0 Å². The third-order valence-electron chi connectivity index (χ3n) is 1.85. The van der Waals surface area contributed by atoms with E-state index in [-0.39, 0.29) is 6.04 Å². The molecule has 7 heteroatoms. The number of guanidine groups is 1. The zero-order valence-electron chi connectivity index (χ0n) is 10.2. The van der Waals surface area contributed by atoms with Crippen LogP contribution in [0.1, 0.15) is 13.8 Å². The van der Waals surface area contributed by atoms with Crippen molar-refractivity contribution in [1.29, 1.82) is 0 Å². The standard InChI is InChI=1S/C9H22N4O2S/c1-4-16(14)6-5-11-9(13-10)12-8(2)7-15-3/h8H,4-7,10H2,1-3H3,(H2,11,12,13). The van der Waals surface area contributed by atoms with Gasteiger partial charge in [0.15, 0.2) is 0 Å². The van der Waals surface area contributed by atoms with Crippen LogP contribution in [0.5, 0.6) is 0 Å². The summed E-state index contributed by atoms with van der Waals surface area (Å²) < 4.78 is 16.1. The lowest BCUT2D eigenvalue weighted by atomic mass is 10.4. The monoisotopic (exact) mass is 250 g/mol. The van der Waals surface area contributed by atoms with Crippen LogP contribution in [0.2, 0.25) is 0 Å². The van der Waals surface area contributed by atoms with Gasteiger partial charge >= 0.3 is 0 Å². The molecule has 2 atom stereocenters. The van der Waals surface area contributed by atoms with E-state index in [0.717, 1.165) is 0 Å². The Morgan fingerprint density at radius 1 is 1.62 bits per heavy atom. The molecule has 0 rings (SSSR count). The molecular formula is C9H22N4O2S. The lowest BCUT2D eigenvalue weighted by Gasteiger charge is -2.15. The molecule has 0 aromatic heterocycles. The molecule has 2 unspecified atom stereocenters. The van der Waals surface area contributed by atoms with Crippen LogP contribution in [0.25, 0.3) is 0 Å². The maximum Gasteiger partial charge on any atom is 0.206 e. The van der Waals surface area contributed by atoms with Crippen LogP contribution in [-0.4, -0.2) is 48.0 Å². The van der Waals surface area contributed by atoms with Crippen LogP contribution in [0.15, 0.2) is 4.99 Å². The number of methoxy groups -OCH3 is 1. The maximum atomic E-state index is 11.2. The van der Waals surface area contributed by atoms with Gasteiger partial charge in [-0.25, -0.2) is 5.84 Å². The molecule has 0 fully saturated rings. The van der Waals surface area contributed by atoms with Crippen LogP contribution in [-0.2, 0) is 15.5 Å². The topological polar surface area (TPSA) is 88.7 Å². The van der Waals surface area contributed by atoms with E-state index in [2.05, 4.69) is 15.7 Å². The first-order valence-electron chi connectivity index (χ1n) is 5.25. The molecule has 0 aliphatic rings. The summed E-state index contributed by atoms with van der Waals surface area (Å²) in [5.74, 6) is 7.02. The van der Waals surface area contributed by atoms with E-state index in [0.29, 0.717) is 30.6 Å². The lowest BCUT2D eigenvalue weighted by molar-refractivity contribution is 0.179. The van der Waals surface area contributed by atoms with Gasteiger partial charge in [0, 0.05) is 35.5 Å². The number of rotatable bonds is 7. The van der Waals surface area contributed by atoms with Crippen molar-refractivity contribution < 1.29 is 8.95 Å². The second-order valence-electron chi connectivity index (χ2n) is 3.31. The van der Waals surface area contributed by atoms with E-state index in [1.807, 2.05) is 13.8 Å². The van der Waals surface area contributed by atoms with E-state index < -0.39 is 10.8 Å². The number of nitrogens with zero attached hydrogens (tertiary/aromatic N) is 1. The van der Waals surface area contributed by atoms with Crippen molar-refractivity contribution in [2.75, 3.05) is 31.8 Å². The fourth-order valence-electron chi connectivity index (χ4n) is 1.06. The minimum atomic E-state index is -0.790. The third-order valence-corrected chi connectivity index (χ3v) is 3.13. The fraction of sp³-hybridized carbons (Fsp3) is 0.889. The summed E-state index contributed by atoms with van der Waals surface area (Å²) in [5, 5.41) is 3.05. The minimum Gasteiger partial charge on any atom is -0.383 e. The van der Waals surface area contributed by atoms with Crippen molar-refractivity contribution in [3.8, 4) is 0 Å². The van der Waals surface area contributed by atoms with E-state index in [4.69, 9.17) is 10.6 Å². The highest BCUT2D eigenvalue weighted by atomic mass is 32.2. The van der Waals surface area contributed by atoms with Crippen LogP contribution in [0.3, 0.4) is 0 Å². The number of hydrazine groups is 1. The molecule has 6 nitrogen and oxygen atoms in total. The highest BCUT2D eigenvalue weighted by Crippen LogP contribution is 1.85. The average Bonchev–Trinajstić information content (AvgIpc) is 2.27. The Labute approximate surface area is 99.5 Å². The first-order valence-corrected chi connectivity index (χ1v) is 6.74. The molecule has 0 radical (unpaired) electrons. The molecule has 0 aliphatic heterocycles. The first-order chi connectivity index (χ1) is 7.63. The quantitative estimate of drug-likeness (QED) is 0.238. The summed E-state index contributed by atoms with van der Waals surface area (Å²) >= 11 is 0. The van der Waals surface area contributed by atoms with Crippen LogP contribution in [0.4, 0.5) is 0 Å². The molecule has 16 heavy (non-hydrogen) atoms. The van der Waals surface area contributed by atoms with Gasteiger partial charge < -0.3 is 10.1 Å². The van der Waals surface area contributed by atoms with Gasteiger partial charge in [-0.2, -0.15) is 0 Å². The molecule has 0 aliphatic carbocycles. The normalized spacial score (nSPS) is 15.6. The van der Waals surface area contributed by atoms with Crippen LogP contribution in [0, 0.1) is 0 Å². The fourth-order valence-corrected chi connectivity index (χ4v) is 1.65. The predicted octanol–water partition coefficient (Wildman–Crippen LogP) is -0.801. The van der Waals surface area contributed by atoms with Crippen molar-refractivity contribution in [3.05, 3.63) is 0 Å². The Hall–Kier alpha value is -0.660. The smallest absolute Gasteiger partial charge is 0.206 e. The Morgan fingerprint density at radius 3 is 2.81 bits per heavy atom. The molecule has 0 saturated heterocycles. The summed E-state index contributed by atoms with van der Waals surface area (Å²) in [6, 6.07) is 0.122. The Kier molecular flexibility index (Phi) is 9.16. The Balaban J connectivity index is 3.96. The molecule has 0 aromatic carbocycles. The molecule has 0 heterocycles. The number of nitrogens with two attached hydrogens (primary N) is 1. The van der Waals surface area contributed by atoms with Gasteiger partial charge in [0.1, 0.15) is 0 Å². The minimum absolute atomic E-state index is 0.122. The van der Waals surface area contributed by atoms with E-state index in [9.17, 15) is 4.21 Å². The molecule has 0 bridgehead atoms. The van der Waals surface area contributed by atoms with Gasteiger partial charge in [-0.3, -0.25) is 14.6 Å². The number of nitrogens with one attached hydrogen (secondary N) is 2. The van der Waals surface area contributed by atoms with Crippen molar-refractivity contribution in [3.63, 3.8) is 0 Å². The first kappa shape index (κ1) is 15.3. The lowest BCUT2D eigenvalue weighted by Crippen LogP contribution is -2.47. The summed E-state index contributed by atoms with van der Waals surface area (Å²) in [4.78, 5) is 4.17. The number of aliphatic imine (C=N–C) groups is 1. The van der Waals surface area contributed by atoms with Crippen LogP contribution >= 0.6 is 0 Å². The SMILES string of the molecule is CCS(=O)CCN=C(NN)NC(C)COC. The largest absolute Gasteiger partial charge is 0.383 e. The average molecular weight is 250 g/mol. The highest BCUT2D eigenvalue weighted by molar-refractivity contribution is 7.84. The summed E-state index contributed by atoms with van der Waals surface area (Å²) in [6.45, 7) is 4.91.